The van der Waals surface area contributed by atoms with Crippen LogP contribution in [0.15, 0.2) is 12.1 Å². The van der Waals surface area contributed by atoms with E-state index in [0.717, 1.165) is 18.4 Å². The fourth-order valence-corrected chi connectivity index (χ4v) is 2.04. The van der Waals surface area contributed by atoms with E-state index in [-0.39, 0.29) is 19.3 Å². The Morgan fingerprint density at radius 1 is 1.39 bits per heavy atom. The summed E-state index contributed by atoms with van der Waals surface area (Å²) in [6, 6.07) is 3.61. The zero-order valence-electron chi connectivity index (χ0n) is 10.2. The molecule has 0 spiro atoms. The van der Waals surface area contributed by atoms with Gasteiger partial charge in [-0.2, -0.15) is 0 Å². The zero-order valence-corrected chi connectivity index (χ0v) is 10.2. The molecule has 0 aromatic heterocycles. The molecule has 5 nitrogen and oxygen atoms in total. The first-order chi connectivity index (χ1) is 8.64. The predicted octanol–water partition coefficient (Wildman–Crippen LogP) is 1.43. The summed E-state index contributed by atoms with van der Waals surface area (Å²) >= 11 is 0. The minimum atomic E-state index is -0.567. The molecule has 0 unspecified atom stereocenters. The number of benzene rings is 1. The van der Waals surface area contributed by atoms with E-state index < -0.39 is 5.41 Å². The van der Waals surface area contributed by atoms with Crippen molar-refractivity contribution in [3.05, 3.63) is 17.7 Å². The van der Waals surface area contributed by atoms with Gasteiger partial charge in [0, 0.05) is 11.8 Å². The molecule has 0 radical (unpaired) electrons. The van der Waals surface area contributed by atoms with Gasteiger partial charge >= 0.3 is 0 Å². The molecule has 1 amide bonds. The molecule has 2 N–H and O–H groups in total. The molecule has 1 heterocycles. The number of nitrogens with one attached hydrogen (secondary N) is 1. The van der Waals surface area contributed by atoms with Crippen LogP contribution in [0, 0.1) is 12.3 Å². The Morgan fingerprint density at radius 2 is 2.06 bits per heavy atom. The van der Waals surface area contributed by atoms with Crippen LogP contribution in [0.5, 0.6) is 11.5 Å². The average molecular weight is 249 g/mol. The molecule has 5 heteroatoms. The minimum Gasteiger partial charge on any atom is -0.454 e. The van der Waals surface area contributed by atoms with Crippen LogP contribution in [-0.4, -0.2) is 24.4 Å². The first kappa shape index (κ1) is 11.3. The molecule has 1 fully saturated rings. The van der Waals surface area contributed by atoms with Gasteiger partial charge in [0.15, 0.2) is 11.5 Å². The van der Waals surface area contributed by atoms with Gasteiger partial charge in [-0.15, -0.1) is 0 Å². The molecular weight excluding hydrogens is 234 g/mol. The molecular formula is C13H15NO4. The van der Waals surface area contributed by atoms with Crippen molar-refractivity contribution >= 4 is 11.6 Å². The molecule has 2 aliphatic rings. The topological polar surface area (TPSA) is 67.8 Å². The van der Waals surface area contributed by atoms with Crippen LogP contribution in [0.3, 0.4) is 0 Å². The van der Waals surface area contributed by atoms with Crippen molar-refractivity contribution in [2.24, 2.45) is 5.41 Å². The van der Waals surface area contributed by atoms with Crippen LogP contribution in [0.25, 0.3) is 0 Å². The summed E-state index contributed by atoms with van der Waals surface area (Å²) in [6.07, 6.45) is 1.50. The Balaban J connectivity index is 1.83. The molecule has 3 rings (SSSR count). The van der Waals surface area contributed by atoms with E-state index in [1.807, 2.05) is 13.0 Å². The summed E-state index contributed by atoms with van der Waals surface area (Å²) in [5.74, 6) is 1.23. The summed E-state index contributed by atoms with van der Waals surface area (Å²) in [5.41, 5.74) is 1.06. The second-order valence-corrected chi connectivity index (χ2v) is 4.91. The van der Waals surface area contributed by atoms with E-state index in [1.165, 1.54) is 0 Å². The van der Waals surface area contributed by atoms with Crippen LogP contribution < -0.4 is 14.8 Å². The van der Waals surface area contributed by atoms with Crippen molar-refractivity contribution < 1.29 is 19.4 Å². The average Bonchev–Trinajstić information content (AvgIpc) is 3.04. The van der Waals surface area contributed by atoms with Crippen molar-refractivity contribution in [2.75, 3.05) is 18.7 Å². The number of carbonyl (C=O) groups excluding carboxylic acids is 1. The van der Waals surface area contributed by atoms with Crippen molar-refractivity contribution in [3.63, 3.8) is 0 Å². The lowest BCUT2D eigenvalue weighted by atomic mass is 10.1. The number of hydrogen-bond donors (Lipinski definition) is 2. The maximum absolute atomic E-state index is 12.0. The number of ether oxygens (including phenoxy) is 2. The molecule has 0 saturated heterocycles. The standard InChI is InChI=1S/C13H15NO4/c1-8-4-10-11(18-7-17-10)5-9(8)14-12(16)13(6-15)2-3-13/h4-5,15H,2-3,6-7H2,1H3,(H,14,16). The van der Waals surface area contributed by atoms with Gasteiger partial charge in [0.05, 0.1) is 12.0 Å². The summed E-state index contributed by atoms with van der Waals surface area (Å²) in [6.45, 7) is 2.02. The van der Waals surface area contributed by atoms with E-state index in [4.69, 9.17) is 9.47 Å². The van der Waals surface area contributed by atoms with E-state index >= 15 is 0 Å². The number of aliphatic hydroxyl groups is 1. The van der Waals surface area contributed by atoms with Crippen LogP contribution in [-0.2, 0) is 4.79 Å². The molecule has 18 heavy (non-hydrogen) atoms. The molecule has 1 aliphatic heterocycles. The number of carbonyl (C=O) groups is 1. The molecule has 1 aliphatic carbocycles. The minimum absolute atomic E-state index is 0.0948. The van der Waals surface area contributed by atoms with Gasteiger partial charge in [-0.1, -0.05) is 0 Å². The number of aryl methyl sites for hydroxylation is 1. The van der Waals surface area contributed by atoms with E-state index in [9.17, 15) is 9.90 Å². The van der Waals surface area contributed by atoms with Gasteiger partial charge in [0.2, 0.25) is 12.7 Å². The number of anilines is 1. The molecule has 1 aromatic rings. The number of aliphatic hydroxyl groups excluding tert-OH is 1. The third-order valence-corrected chi connectivity index (χ3v) is 3.61. The third kappa shape index (κ3) is 1.71. The quantitative estimate of drug-likeness (QED) is 0.850. The van der Waals surface area contributed by atoms with Gasteiger partial charge in [-0.25, -0.2) is 0 Å². The Kier molecular flexibility index (Phi) is 2.45. The summed E-state index contributed by atoms with van der Waals surface area (Å²) in [7, 11) is 0. The first-order valence-corrected chi connectivity index (χ1v) is 5.97. The highest BCUT2D eigenvalue weighted by Crippen LogP contribution is 2.46. The molecule has 1 aromatic carbocycles. The van der Waals surface area contributed by atoms with Crippen LogP contribution in [0.4, 0.5) is 5.69 Å². The van der Waals surface area contributed by atoms with E-state index in [2.05, 4.69) is 5.32 Å². The van der Waals surface area contributed by atoms with E-state index in [1.54, 1.807) is 6.07 Å². The molecule has 0 atom stereocenters. The molecule has 96 valence electrons. The predicted molar refractivity (Wildman–Crippen MR) is 64.7 cm³/mol. The Morgan fingerprint density at radius 3 is 2.67 bits per heavy atom. The van der Waals surface area contributed by atoms with Crippen LogP contribution in [0.1, 0.15) is 18.4 Å². The lowest BCUT2D eigenvalue weighted by molar-refractivity contribution is -0.122. The Labute approximate surface area is 105 Å². The van der Waals surface area contributed by atoms with Gasteiger partial charge in [0.25, 0.3) is 0 Å². The first-order valence-electron chi connectivity index (χ1n) is 5.97. The van der Waals surface area contributed by atoms with Gasteiger partial charge in [-0.3, -0.25) is 4.79 Å². The second kappa shape index (κ2) is 3.88. The normalized spacial score (nSPS) is 18.6. The SMILES string of the molecule is Cc1cc2c(cc1NC(=O)C1(CO)CC1)OCO2. The van der Waals surface area contributed by atoms with Gasteiger partial charge in [0.1, 0.15) is 0 Å². The number of fused-ring (bicyclic) bond motifs is 1. The smallest absolute Gasteiger partial charge is 0.232 e. The van der Waals surface area contributed by atoms with Gasteiger partial charge in [-0.05, 0) is 31.4 Å². The maximum atomic E-state index is 12.0. The van der Waals surface area contributed by atoms with Crippen molar-refractivity contribution in [2.45, 2.75) is 19.8 Å². The van der Waals surface area contributed by atoms with Crippen LogP contribution in [0.2, 0.25) is 0 Å². The largest absolute Gasteiger partial charge is 0.454 e. The Hall–Kier alpha value is -1.75. The lowest BCUT2D eigenvalue weighted by Crippen LogP contribution is -2.27. The zero-order chi connectivity index (χ0) is 12.8. The lowest BCUT2D eigenvalue weighted by Gasteiger charge is -2.14. The highest BCUT2D eigenvalue weighted by atomic mass is 16.7. The highest BCUT2D eigenvalue weighted by molar-refractivity contribution is 5.98. The highest BCUT2D eigenvalue weighted by Gasteiger charge is 2.49. The third-order valence-electron chi connectivity index (χ3n) is 3.61. The van der Waals surface area contributed by atoms with Crippen molar-refractivity contribution in [3.8, 4) is 11.5 Å². The number of amides is 1. The Bertz CT molecular complexity index is 508. The summed E-state index contributed by atoms with van der Waals surface area (Å²) in [5, 5.41) is 12.1. The summed E-state index contributed by atoms with van der Waals surface area (Å²) < 4.78 is 10.5. The fourth-order valence-electron chi connectivity index (χ4n) is 2.04. The molecule has 1 saturated carbocycles. The van der Waals surface area contributed by atoms with Crippen molar-refractivity contribution in [1.29, 1.82) is 0 Å². The van der Waals surface area contributed by atoms with Gasteiger partial charge < -0.3 is 19.9 Å². The molecule has 0 bridgehead atoms. The van der Waals surface area contributed by atoms with Crippen LogP contribution >= 0.6 is 0 Å². The second-order valence-electron chi connectivity index (χ2n) is 4.91. The maximum Gasteiger partial charge on any atom is 0.232 e. The number of rotatable bonds is 3. The summed E-state index contributed by atoms with van der Waals surface area (Å²) in [4.78, 5) is 12.0. The van der Waals surface area contributed by atoms with Crippen molar-refractivity contribution in [1.82, 2.24) is 0 Å². The monoisotopic (exact) mass is 249 g/mol. The number of hydrogen-bond acceptors (Lipinski definition) is 4. The van der Waals surface area contributed by atoms with E-state index in [0.29, 0.717) is 17.2 Å². The fraction of sp³-hybridized carbons (Fsp3) is 0.462.